The molecule has 3 rings (SSSR count). The molecule has 3 nitrogen and oxygen atoms in total. The number of carbonyl (C=O) groups excluding carboxylic acids is 1. The Kier molecular flexibility index (Phi) is 3.07. The molecule has 2 N–H and O–H groups in total. The molecule has 0 spiro atoms. The van der Waals surface area contributed by atoms with Gasteiger partial charge in [-0.25, -0.2) is 0 Å². The van der Waals surface area contributed by atoms with Gasteiger partial charge >= 0.3 is 0 Å². The SMILES string of the molecule is O=CNC1(C(O)(c2ccccc2)c2ccccc2)CC1. The second kappa shape index (κ2) is 4.76. The highest BCUT2D eigenvalue weighted by Gasteiger charge is 2.60. The van der Waals surface area contributed by atoms with Gasteiger partial charge in [-0.3, -0.25) is 4.79 Å². The van der Waals surface area contributed by atoms with Gasteiger partial charge in [0.15, 0.2) is 0 Å². The molecule has 0 atom stereocenters. The first kappa shape index (κ1) is 12.9. The molecule has 2 aromatic rings. The molecule has 0 aliphatic heterocycles. The number of nitrogens with one attached hydrogen (secondary N) is 1. The minimum Gasteiger partial charge on any atom is -0.378 e. The molecule has 20 heavy (non-hydrogen) atoms. The predicted octanol–water partition coefficient (Wildman–Crippen LogP) is 2.20. The van der Waals surface area contributed by atoms with Gasteiger partial charge in [0.2, 0.25) is 6.41 Å². The van der Waals surface area contributed by atoms with Crippen LogP contribution in [-0.2, 0) is 10.4 Å². The lowest BCUT2D eigenvalue weighted by molar-refractivity contribution is -0.112. The van der Waals surface area contributed by atoms with Crippen molar-refractivity contribution in [3.63, 3.8) is 0 Å². The molecule has 1 amide bonds. The number of hydrogen-bond donors (Lipinski definition) is 2. The van der Waals surface area contributed by atoms with E-state index >= 15 is 0 Å². The quantitative estimate of drug-likeness (QED) is 0.816. The van der Waals surface area contributed by atoms with Crippen molar-refractivity contribution in [2.24, 2.45) is 0 Å². The Morgan fingerprint density at radius 1 is 0.950 bits per heavy atom. The van der Waals surface area contributed by atoms with Gasteiger partial charge < -0.3 is 10.4 Å². The Morgan fingerprint density at radius 2 is 1.40 bits per heavy atom. The van der Waals surface area contributed by atoms with Crippen LogP contribution in [0.3, 0.4) is 0 Å². The highest BCUT2D eigenvalue weighted by Crippen LogP contribution is 2.53. The fourth-order valence-corrected chi connectivity index (χ4v) is 2.93. The van der Waals surface area contributed by atoms with E-state index in [1.807, 2.05) is 60.7 Å². The maximum atomic E-state index is 11.5. The largest absolute Gasteiger partial charge is 0.378 e. The molecule has 0 unspecified atom stereocenters. The molecule has 2 aromatic carbocycles. The fraction of sp³-hybridized carbons (Fsp3) is 0.235. The average molecular weight is 267 g/mol. The van der Waals surface area contributed by atoms with Crippen LogP contribution < -0.4 is 5.32 Å². The highest BCUT2D eigenvalue weighted by atomic mass is 16.3. The van der Waals surface area contributed by atoms with Gasteiger partial charge in [0.1, 0.15) is 5.60 Å². The summed E-state index contributed by atoms with van der Waals surface area (Å²) in [6, 6.07) is 19.1. The molecule has 0 heterocycles. The number of rotatable bonds is 5. The van der Waals surface area contributed by atoms with Crippen molar-refractivity contribution >= 4 is 6.41 Å². The molecule has 0 saturated heterocycles. The smallest absolute Gasteiger partial charge is 0.207 e. The molecule has 1 fully saturated rings. The van der Waals surface area contributed by atoms with Crippen LogP contribution >= 0.6 is 0 Å². The summed E-state index contributed by atoms with van der Waals surface area (Å²) in [7, 11) is 0. The van der Waals surface area contributed by atoms with Crippen molar-refractivity contribution in [3.8, 4) is 0 Å². The summed E-state index contributed by atoms with van der Waals surface area (Å²) in [4.78, 5) is 10.9. The first-order valence-electron chi connectivity index (χ1n) is 6.78. The third-order valence-electron chi connectivity index (χ3n) is 4.16. The second-order valence-electron chi connectivity index (χ2n) is 5.29. The standard InChI is InChI=1S/C17H17NO2/c19-13-18-16(11-12-16)17(20,14-7-3-1-4-8-14)15-9-5-2-6-10-15/h1-10,13,20H,11-12H2,(H,18,19). The van der Waals surface area contributed by atoms with Crippen LogP contribution in [0.4, 0.5) is 0 Å². The van der Waals surface area contributed by atoms with E-state index in [1.165, 1.54) is 0 Å². The first-order chi connectivity index (χ1) is 9.73. The van der Waals surface area contributed by atoms with Crippen molar-refractivity contribution in [1.29, 1.82) is 0 Å². The van der Waals surface area contributed by atoms with Crippen molar-refractivity contribution in [1.82, 2.24) is 5.32 Å². The van der Waals surface area contributed by atoms with Crippen LogP contribution in [0.5, 0.6) is 0 Å². The zero-order valence-corrected chi connectivity index (χ0v) is 11.1. The van der Waals surface area contributed by atoms with Crippen LogP contribution in [0.2, 0.25) is 0 Å². The summed E-state index contributed by atoms with van der Waals surface area (Å²) in [6.07, 6.45) is 2.22. The Hall–Kier alpha value is -2.13. The van der Waals surface area contributed by atoms with Crippen LogP contribution in [0, 0.1) is 0 Å². The molecule has 1 aliphatic carbocycles. The molecule has 102 valence electrons. The van der Waals surface area contributed by atoms with Gasteiger partial charge in [0.25, 0.3) is 0 Å². The number of hydrogen-bond acceptors (Lipinski definition) is 2. The fourth-order valence-electron chi connectivity index (χ4n) is 2.93. The van der Waals surface area contributed by atoms with E-state index in [1.54, 1.807) is 0 Å². The predicted molar refractivity (Wildman–Crippen MR) is 77.0 cm³/mol. The van der Waals surface area contributed by atoms with Crippen LogP contribution in [0.15, 0.2) is 60.7 Å². The lowest BCUT2D eigenvalue weighted by Crippen LogP contribution is -2.51. The summed E-state index contributed by atoms with van der Waals surface area (Å²) in [5.41, 5.74) is -0.190. The molecule has 1 saturated carbocycles. The van der Waals surface area contributed by atoms with Crippen molar-refractivity contribution in [2.45, 2.75) is 24.0 Å². The zero-order valence-electron chi connectivity index (χ0n) is 11.1. The summed E-state index contributed by atoms with van der Waals surface area (Å²) in [5.74, 6) is 0. The number of benzene rings is 2. The van der Waals surface area contributed by atoms with Crippen LogP contribution in [0.1, 0.15) is 24.0 Å². The van der Waals surface area contributed by atoms with E-state index in [0.717, 1.165) is 24.0 Å². The zero-order chi connectivity index (χ0) is 14.1. The lowest BCUT2D eigenvalue weighted by Gasteiger charge is -2.37. The molecular weight excluding hydrogens is 250 g/mol. The Balaban J connectivity index is 2.16. The summed E-state index contributed by atoms with van der Waals surface area (Å²) < 4.78 is 0. The minimum absolute atomic E-state index is 0.600. The molecule has 0 aromatic heterocycles. The monoisotopic (exact) mass is 267 g/mol. The average Bonchev–Trinajstić information content (AvgIpc) is 3.30. The molecule has 1 aliphatic rings. The molecule has 0 bridgehead atoms. The highest BCUT2D eigenvalue weighted by molar-refractivity contribution is 5.54. The van der Waals surface area contributed by atoms with Gasteiger partial charge in [-0.2, -0.15) is 0 Å². The number of carbonyl (C=O) groups is 1. The van der Waals surface area contributed by atoms with Crippen molar-refractivity contribution < 1.29 is 9.90 Å². The van der Waals surface area contributed by atoms with Crippen LogP contribution in [-0.4, -0.2) is 17.1 Å². The molecule has 0 radical (unpaired) electrons. The Morgan fingerprint density at radius 3 is 1.75 bits per heavy atom. The maximum Gasteiger partial charge on any atom is 0.207 e. The second-order valence-corrected chi connectivity index (χ2v) is 5.29. The van der Waals surface area contributed by atoms with Gasteiger partial charge in [-0.05, 0) is 24.0 Å². The van der Waals surface area contributed by atoms with Crippen LogP contribution in [0.25, 0.3) is 0 Å². The Bertz CT molecular complexity index is 551. The molecular formula is C17H17NO2. The Labute approximate surface area is 118 Å². The van der Waals surface area contributed by atoms with Gasteiger partial charge in [0, 0.05) is 0 Å². The van der Waals surface area contributed by atoms with E-state index in [9.17, 15) is 9.90 Å². The van der Waals surface area contributed by atoms with E-state index in [-0.39, 0.29) is 0 Å². The van der Waals surface area contributed by atoms with E-state index in [0.29, 0.717) is 6.41 Å². The summed E-state index contributed by atoms with van der Waals surface area (Å²) in [5, 5.41) is 14.3. The first-order valence-corrected chi connectivity index (χ1v) is 6.78. The summed E-state index contributed by atoms with van der Waals surface area (Å²) >= 11 is 0. The third-order valence-corrected chi connectivity index (χ3v) is 4.16. The normalized spacial score (nSPS) is 16.4. The van der Waals surface area contributed by atoms with E-state index in [4.69, 9.17) is 0 Å². The van der Waals surface area contributed by atoms with Gasteiger partial charge in [-0.15, -0.1) is 0 Å². The topological polar surface area (TPSA) is 49.3 Å². The number of aliphatic hydroxyl groups is 1. The minimum atomic E-state index is -1.20. The van der Waals surface area contributed by atoms with E-state index in [2.05, 4.69) is 5.32 Å². The van der Waals surface area contributed by atoms with Gasteiger partial charge in [0.05, 0.1) is 5.54 Å². The molecule has 3 heteroatoms. The van der Waals surface area contributed by atoms with Crippen molar-refractivity contribution in [2.75, 3.05) is 0 Å². The van der Waals surface area contributed by atoms with Gasteiger partial charge in [-0.1, -0.05) is 60.7 Å². The van der Waals surface area contributed by atoms with E-state index < -0.39 is 11.1 Å². The lowest BCUT2D eigenvalue weighted by atomic mass is 9.78. The number of amides is 1. The summed E-state index contributed by atoms with van der Waals surface area (Å²) in [6.45, 7) is 0. The maximum absolute atomic E-state index is 11.5. The third kappa shape index (κ3) is 1.82. The van der Waals surface area contributed by atoms with Crippen molar-refractivity contribution in [3.05, 3.63) is 71.8 Å².